The van der Waals surface area contributed by atoms with Gasteiger partial charge in [-0.2, -0.15) is 10.2 Å². The van der Waals surface area contributed by atoms with Crippen LogP contribution in [0.2, 0.25) is 0 Å². The third-order valence-electron chi connectivity index (χ3n) is 3.95. The van der Waals surface area contributed by atoms with Crippen molar-refractivity contribution in [3.05, 3.63) is 35.9 Å². The van der Waals surface area contributed by atoms with Crippen molar-refractivity contribution in [1.29, 1.82) is 0 Å². The van der Waals surface area contributed by atoms with Gasteiger partial charge in [0, 0.05) is 50.7 Å². The summed E-state index contributed by atoms with van der Waals surface area (Å²) in [7, 11) is -3.21. The van der Waals surface area contributed by atoms with E-state index in [2.05, 4.69) is 32.9 Å². The number of hydrogen-bond acceptors (Lipinski definition) is 5. The number of fused-ring (bicyclic) bond motifs is 1. The number of rotatable bonds is 6. The van der Waals surface area contributed by atoms with Gasteiger partial charge in [-0.15, -0.1) is 0 Å². The van der Waals surface area contributed by atoms with Crippen LogP contribution in [0.15, 0.2) is 24.7 Å². The summed E-state index contributed by atoms with van der Waals surface area (Å²) < 4.78 is 29.2. The Morgan fingerprint density at radius 3 is 2.91 bits per heavy atom. The van der Waals surface area contributed by atoms with Crippen LogP contribution in [0.1, 0.15) is 24.2 Å². The first-order chi connectivity index (χ1) is 10.9. The molecule has 2 aromatic heterocycles. The molecule has 1 aliphatic rings. The zero-order valence-corrected chi connectivity index (χ0v) is 14.2. The lowest BCUT2D eigenvalue weighted by Crippen LogP contribution is -2.42. The number of hydrogen-bond donors (Lipinski definition) is 1. The van der Waals surface area contributed by atoms with Gasteiger partial charge in [0.25, 0.3) is 0 Å². The quantitative estimate of drug-likeness (QED) is 0.814. The lowest BCUT2D eigenvalue weighted by atomic mass is 10.1. The maximum Gasteiger partial charge on any atom is 0.208 e. The molecule has 0 saturated heterocycles. The van der Waals surface area contributed by atoms with Gasteiger partial charge in [-0.25, -0.2) is 13.1 Å². The molecule has 23 heavy (non-hydrogen) atoms. The standard InChI is InChI=1S/C14H22N6O2S/c1-3-19-9-12(6-16-19)8-18-10-13-4-5-15-20(13)14(11-18)7-17-23(2,21)22/h4-6,9,14,17H,3,7-8,10-11H2,1-2H3/t14-/m0/s1. The van der Waals surface area contributed by atoms with Crippen LogP contribution in [0.4, 0.5) is 0 Å². The maximum absolute atomic E-state index is 11.4. The molecule has 0 aromatic carbocycles. The van der Waals surface area contributed by atoms with Crippen LogP contribution in [0.3, 0.4) is 0 Å². The topological polar surface area (TPSA) is 85.0 Å². The van der Waals surface area contributed by atoms with E-state index in [1.807, 2.05) is 21.6 Å². The zero-order chi connectivity index (χ0) is 16.4. The van der Waals surface area contributed by atoms with Crippen LogP contribution in [0.5, 0.6) is 0 Å². The molecule has 1 N–H and O–H groups in total. The molecule has 0 aliphatic carbocycles. The van der Waals surface area contributed by atoms with E-state index in [9.17, 15) is 8.42 Å². The number of nitrogens with zero attached hydrogens (tertiary/aromatic N) is 5. The number of sulfonamides is 1. The van der Waals surface area contributed by atoms with E-state index in [-0.39, 0.29) is 6.04 Å². The molecule has 8 nitrogen and oxygen atoms in total. The van der Waals surface area contributed by atoms with Gasteiger partial charge in [-0.05, 0) is 13.0 Å². The van der Waals surface area contributed by atoms with Gasteiger partial charge in [0.05, 0.1) is 24.2 Å². The largest absolute Gasteiger partial charge is 0.291 e. The Morgan fingerprint density at radius 2 is 2.22 bits per heavy atom. The van der Waals surface area contributed by atoms with Crippen molar-refractivity contribution < 1.29 is 8.42 Å². The molecule has 1 atom stereocenters. The van der Waals surface area contributed by atoms with Crippen molar-refractivity contribution in [2.75, 3.05) is 19.3 Å². The Bertz CT molecular complexity index is 766. The monoisotopic (exact) mass is 338 g/mol. The van der Waals surface area contributed by atoms with Crippen LogP contribution in [-0.2, 0) is 29.7 Å². The first-order valence-corrected chi connectivity index (χ1v) is 9.54. The van der Waals surface area contributed by atoms with Gasteiger partial charge < -0.3 is 0 Å². The highest BCUT2D eigenvalue weighted by atomic mass is 32.2. The van der Waals surface area contributed by atoms with E-state index in [4.69, 9.17) is 0 Å². The smallest absolute Gasteiger partial charge is 0.208 e. The fraction of sp³-hybridized carbons (Fsp3) is 0.571. The second kappa shape index (κ2) is 6.42. The van der Waals surface area contributed by atoms with E-state index < -0.39 is 10.0 Å². The highest BCUT2D eigenvalue weighted by Crippen LogP contribution is 2.21. The van der Waals surface area contributed by atoms with Crippen molar-refractivity contribution in [2.45, 2.75) is 32.6 Å². The molecule has 0 fully saturated rings. The summed E-state index contributed by atoms with van der Waals surface area (Å²) in [6, 6.07) is 1.97. The van der Waals surface area contributed by atoms with Gasteiger partial charge >= 0.3 is 0 Å². The molecule has 0 bridgehead atoms. The second-order valence-corrected chi connectivity index (χ2v) is 7.75. The Hall–Kier alpha value is -1.71. The summed E-state index contributed by atoms with van der Waals surface area (Å²) in [5, 5.41) is 8.64. The van der Waals surface area contributed by atoms with Crippen LogP contribution < -0.4 is 4.72 Å². The molecular formula is C14H22N6O2S. The number of aryl methyl sites for hydroxylation is 1. The van der Waals surface area contributed by atoms with E-state index in [1.165, 1.54) is 6.26 Å². The first kappa shape index (κ1) is 16.2. The van der Waals surface area contributed by atoms with Crippen LogP contribution in [0.25, 0.3) is 0 Å². The Balaban J connectivity index is 1.72. The molecule has 126 valence electrons. The van der Waals surface area contributed by atoms with E-state index >= 15 is 0 Å². The molecule has 1 aliphatic heterocycles. The van der Waals surface area contributed by atoms with Crippen LogP contribution in [-0.4, -0.2) is 52.2 Å². The van der Waals surface area contributed by atoms with Crippen molar-refractivity contribution >= 4 is 10.0 Å². The summed E-state index contributed by atoms with van der Waals surface area (Å²) >= 11 is 0. The maximum atomic E-state index is 11.4. The third-order valence-corrected chi connectivity index (χ3v) is 4.64. The predicted molar refractivity (Wildman–Crippen MR) is 86.1 cm³/mol. The van der Waals surface area contributed by atoms with Gasteiger partial charge in [-0.3, -0.25) is 14.3 Å². The van der Waals surface area contributed by atoms with Crippen molar-refractivity contribution in [3.8, 4) is 0 Å². The molecule has 0 radical (unpaired) electrons. The van der Waals surface area contributed by atoms with Gasteiger partial charge in [0.2, 0.25) is 10.0 Å². The van der Waals surface area contributed by atoms with Crippen LogP contribution in [0, 0.1) is 0 Å². The summed E-state index contributed by atoms with van der Waals surface area (Å²) in [5.74, 6) is 0. The highest BCUT2D eigenvalue weighted by Gasteiger charge is 2.26. The molecule has 0 unspecified atom stereocenters. The van der Waals surface area contributed by atoms with Gasteiger partial charge in [0.1, 0.15) is 0 Å². The lowest BCUT2D eigenvalue weighted by molar-refractivity contribution is 0.168. The minimum Gasteiger partial charge on any atom is -0.291 e. The second-order valence-electron chi connectivity index (χ2n) is 5.92. The fourth-order valence-electron chi connectivity index (χ4n) is 2.90. The Morgan fingerprint density at radius 1 is 1.39 bits per heavy atom. The zero-order valence-electron chi connectivity index (χ0n) is 13.4. The van der Waals surface area contributed by atoms with E-state index in [0.29, 0.717) is 6.54 Å². The third kappa shape index (κ3) is 3.98. The molecular weight excluding hydrogens is 316 g/mol. The number of nitrogens with one attached hydrogen (secondary N) is 1. The van der Waals surface area contributed by atoms with Crippen LogP contribution >= 0.6 is 0 Å². The summed E-state index contributed by atoms with van der Waals surface area (Å²) in [5.41, 5.74) is 2.26. The summed E-state index contributed by atoms with van der Waals surface area (Å²) in [6.45, 7) is 5.59. The minimum atomic E-state index is -3.21. The molecule has 9 heteroatoms. The average Bonchev–Trinajstić information content (AvgIpc) is 3.12. The molecule has 0 amide bonds. The van der Waals surface area contributed by atoms with Gasteiger partial charge in [0.15, 0.2) is 0 Å². The van der Waals surface area contributed by atoms with E-state index in [0.717, 1.165) is 37.4 Å². The first-order valence-electron chi connectivity index (χ1n) is 7.65. The highest BCUT2D eigenvalue weighted by molar-refractivity contribution is 7.88. The summed E-state index contributed by atoms with van der Waals surface area (Å²) in [6.07, 6.45) is 6.88. The molecule has 0 spiro atoms. The van der Waals surface area contributed by atoms with Crippen molar-refractivity contribution in [2.24, 2.45) is 0 Å². The van der Waals surface area contributed by atoms with Crippen molar-refractivity contribution in [1.82, 2.24) is 29.2 Å². The van der Waals surface area contributed by atoms with E-state index in [1.54, 1.807) is 6.20 Å². The normalized spacial score (nSPS) is 19.0. The minimum absolute atomic E-state index is 0.00954. The predicted octanol–water partition coefficient (Wildman–Crippen LogP) is 0.206. The SMILES string of the molecule is CCn1cc(CN2Cc3ccnn3[C@@H](CNS(C)(=O)=O)C2)cn1. The number of aromatic nitrogens is 4. The van der Waals surface area contributed by atoms with Crippen molar-refractivity contribution in [3.63, 3.8) is 0 Å². The van der Waals surface area contributed by atoms with Gasteiger partial charge in [-0.1, -0.05) is 0 Å². The molecule has 3 heterocycles. The Kier molecular flexibility index (Phi) is 4.51. The lowest BCUT2D eigenvalue weighted by Gasteiger charge is -2.33. The summed E-state index contributed by atoms with van der Waals surface area (Å²) in [4.78, 5) is 2.29. The molecule has 2 aromatic rings. The Labute approximate surface area is 136 Å². The molecule has 0 saturated carbocycles. The average molecular weight is 338 g/mol. The fourth-order valence-corrected chi connectivity index (χ4v) is 3.40. The molecule has 3 rings (SSSR count).